The van der Waals surface area contributed by atoms with Gasteiger partial charge in [-0.3, -0.25) is 9.98 Å². The Balaban J connectivity index is 2.20. The molecule has 6 heteroatoms. The Bertz CT molecular complexity index is 518. The van der Waals surface area contributed by atoms with Crippen molar-refractivity contribution in [3.8, 4) is 0 Å². The van der Waals surface area contributed by atoms with Crippen LogP contribution in [-0.2, 0) is 6.18 Å². The van der Waals surface area contributed by atoms with Crippen LogP contribution in [0.2, 0.25) is 0 Å². The van der Waals surface area contributed by atoms with Gasteiger partial charge in [0.2, 0.25) is 0 Å². The number of hydrogen-bond donors (Lipinski definition) is 1. The van der Waals surface area contributed by atoms with Crippen molar-refractivity contribution in [3.63, 3.8) is 0 Å². The van der Waals surface area contributed by atoms with Crippen LogP contribution in [0.5, 0.6) is 0 Å². The molecule has 0 radical (unpaired) electrons. The van der Waals surface area contributed by atoms with Crippen molar-refractivity contribution in [2.24, 2.45) is 10.7 Å². The van der Waals surface area contributed by atoms with E-state index in [1.165, 1.54) is 6.07 Å². The first-order valence-electron chi connectivity index (χ1n) is 6.01. The second kappa shape index (κ2) is 5.42. The smallest absolute Gasteiger partial charge is 0.402 e. The number of rotatable bonds is 2. The van der Waals surface area contributed by atoms with E-state index in [-0.39, 0.29) is 5.69 Å². The Kier molecular flexibility index (Phi) is 3.87. The Labute approximate surface area is 109 Å². The molecule has 1 aliphatic carbocycles. The summed E-state index contributed by atoms with van der Waals surface area (Å²) in [5, 5.41) is 0. The van der Waals surface area contributed by atoms with Gasteiger partial charge in [0.25, 0.3) is 0 Å². The van der Waals surface area contributed by atoms with Crippen LogP contribution < -0.4 is 5.73 Å². The average Bonchev–Trinajstić information content (AvgIpc) is 2.37. The van der Waals surface area contributed by atoms with Crippen molar-refractivity contribution < 1.29 is 13.2 Å². The predicted octanol–water partition coefficient (Wildman–Crippen LogP) is 3.59. The molecule has 0 atom stereocenters. The summed E-state index contributed by atoms with van der Waals surface area (Å²) >= 11 is 0. The van der Waals surface area contributed by atoms with Crippen molar-refractivity contribution >= 4 is 11.9 Å². The molecule has 0 aliphatic heterocycles. The summed E-state index contributed by atoms with van der Waals surface area (Å²) in [6.07, 6.45) is 1.95. The largest absolute Gasteiger partial charge is 0.433 e. The van der Waals surface area contributed by atoms with Gasteiger partial charge in [-0.2, -0.15) is 13.2 Å². The van der Waals surface area contributed by atoms with Gasteiger partial charge in [0.15, 0.2) is 0 Å². The standard InChI is InChI=1S/C13H14F3N3/c14-13(15,16)12-7-10(5-6-18-12)19-8-9-3-1-2-4-11(9)17/h5-8H,1-4,17H2. The molecule has 0 saturated carbocycles. The maximum atomic E-state index is 12.5. The van der Waals surface area contributed by atoms with Gasteiger partial charge in [-0.15, -0.1) is 0 Å². The quantitative estimate of drug-likeness (QED) is 0.834. The molecule has 19 heavy (non-hydrogen) atoms. The van der Waals surface area contributed by atoms with Crippen LogP contribution in [0.15, 0.2) is 34.6 Å². The number of nitrogens with zero attached hydrogens (tertiary/aromatic N) is 2. The molecule has 0 fully saturated rings. The molecule has 1 aromatic rings. The lowest BCUT2D eigenvalue weighted by Crippen LogP contribution is -2.08. The van der Waals surface area contributed by atoms with E-state index < -0.39 is 11.9 Å². The van der Waals surface area contributed by atoms with Gasteiger partial charge < -0.3 is 5.73 Å². The number of alkyl halides is 3. The molecule has 0 saturated heterocycles. The van der Waals surface area contributed by atoms with Gasteiger partial charge in [-0.1, -0.05) is 0 Å². The minimum Gasteiger partial charge on any atom is -0.402 e. The molecule has 102 valence electrons. The van der Waals surface area contributed by atoms with Gasteiger partial charge in [0.1, 0.15) is 5.69 Å². The van der Waals surface area contributed by atoms with Crippen molar-refractivity contribution in [2.75, 3.05) is 0 Å². The number of pyridine rings is 1. The maximum absolute atomic E-state index is 12.5. The molecule has 0 unspecified atom stereocenters. The fourth-order valence-electron chi connectivity index (χ4n) is 1.91. The number of aromatic nitrogens is 1. The number of halogens is 3. The van der Waals surface area contributed by atoms with Crippen molar-refractivity contribution in [1.82, 2.24) is 4.98 Å². The summed E-state index contributed by atoms with van der Waals surface area (Å²) in [6, 6.07) is 2.36. The van der Waals surface area contributed by atoms with Gasteiger partial charge in [0.05, 0.1) is 5.69 Å². The molecule has 0 spiro atoms. The van der Waals surface area contributed by atoms with E-state index in [1.54, 1.807) is 6.21 Å². The highest BCUT2D eigenvalue weighted by molar-refractivity contribution is 5.82. The summed E-state index contributed by atoms with van der Waals surface area (Å²) in [5.74, 6) is 0. The fraction of sp³-hybridized carbons (Fsp3) is 0.385. The summed E-state index contributed by atoms with van der Waals surface area (Å²) in [4.78, 5) is 7.34. The van der Waals surface area contributed by atoms with E-state index in [0.29, 0.717) is 0 Å². The van der Waals surface area contributed by atoms with Crippen LogP contribution in [0.3, 0.4) is 0 Å². The van der Waals surface area contributed by atoms with Crippen LogP contribution in [0.4, 0.5) is 18.9 Å². The van der Waals surface area contributed by atoms with Crippen molar-refractivity contribution in [2.45, 2.75) is 31.9 Å². The Morgan fingerprint density at radius 3 is 2.68 bits per heavy atom. The normalized spacial score (nSPS) is 17.2. The SMILES string of the molecule is NC1=C(C=Nc2ccnc(C(F)(F)F)c2)CCCC1. The average molecular weight is 269 g/mol. The predicted molar refractivity (Wildman–Crippen MR) is 67.1 cm³/mol. The van der Waals surface area contributed by atoms with E-state index in [0.717, 1.165) is 49.2 Å². The first-order chi connectivity index (χ1) is 8.97. The second-order valence-corrected chi connectivity index (χ2v) is 4.41. The molecular formula is C13H14F3N3. The third kappa shape index (κ3) is 3.56. The summed E-state index contributed by atoms with van der Waals surface area (Å²) in [6.45, 7) is 0. The lowest BCUT2D eigenvalue weighted by atomic mass is 9.97. The van der Waals surface area contributed by atoms with Gasteiger partial charge in [0, 0.05) is 18.1 Å². The Hall–Kier alpha value is -1.85. The molecule has 0 bridgehead atoms. The molecule has 1 heterocycles. The number of allylic oxidation sites excluding steroid dienone is 2. The first kappa shape index (κ1) is 13.6. The molecule has 0 aromatic carbocycles. The van der Waals surface area contributed by atoms with Gasteiger partial charge in [-0.05, 0) is 43.4 Å². The first-order valence-corrected chi connectivity index (χ1v) is 6.01. The Morgan fingerprint density at radius 1 is 1.26 bits per heavy atom. The van der Waals surface area contributed by atoms with Crippen LogP contribution >= 0.6 is 0 Å². The zero-order chi connectivity index (χ0) is 13.9. The molecule has 1 aliphatic rings. The lowest BCUT2D eigenvalue weighted by molar-refractivity contribution is -0.141. The zero-order valence-electron chi connectivity index (χ0n) is 10.2. The van der Waals surface area contributed by atoms with Crippen molar-refractivity contribution in [1.29, 1.82) is 0 Å². The highest BCUT2D eigenvalue weighted by Gasteiger charge is 2.32. The minimum atomic E-state index is -4.45. The monoisotopic (exact) mass is 269 g/mol. The third-order valence-corrected chi connectivity index (χ3v) is 2.96. The third-order valence-electron chi connectivity index (χ3n) is 2.96. The van der Waals surface area contributed by atoms with E-state index in [4.69, 9.17) is 5.73 Å². The molecule has 3 nitrogen and oxygen atoms in total. The van der Waals surface area contributed by atoms with Crippen LogP contribution in [0, 0.1) is 0 Å². The minimum absolute atomic E-state index is 0.230. The number of hydrogen-bond acceptors (Lipinski definition) is 3. The maximum Gasteiger partial charge on any atom is 0.433 e. The van der Waals surface area contributed by atoms with Crippen LogP contribution in [0.1, 0.15) is 31.4 Å². The van der Waals surface area contributed by atoms with E-state index in [2.05, 4.69) is 9.98 Å². The van der Waals surface area contributed by atoms with E-state index >= 15 is 0 Å². The van der Waals surface area contributed by atoms with Crippen molar-refractivity contribution in [3.05, 3.63) is 35.3 Å². The van der Waals surface area contributed by atoms with E-state index in [1.807, 2.05) is 0 Å². The summed E-state index contributed by atoms with van der Waals surface area (Å²) in [7, 11) is 0. The van der Waals surface area contributed by atoms with Crippen LogP contribution in [-0.4, -0.2) is 11.2 Å². The van der Waals surface area contributed by atoms with Gasteiger partial charge in [-0.25, -0.2) is 0 Å². The summed E-state index contributed by atoms with van der Waals surface area (Å²) < 4.78 is 37.4. The topological polar surface area (TPSA) is 51.3 Å². The number of nitrogens with two attached hydrogens (primary N) is 1. The zero-order valence-corrected chi connectivity index (χ0v) is 10.2. The van der Waals surface area contributed by atoms with E-state index in [9.17, 15) is 13.2 Å². The highest BCUT2D eigenvalue weighted by atomic mass is 19.4. The lowest BCUT2D eigenvalue weighted by Gasteiger charge is -2.13. The summed E-state index contributed by atoms with van der Waals surface area (Å²) in [5.41, 5.74) is 6.82. The molecule has 0 amide bonds. The second-order valence-electron chi connectivity index (χ2n) is 4.41. The molecule has 2 rings (SSSR count). The molecular weight excluding hydrogens is 255 g/mol. The van der Waals surface area contributed by atoms with Crippen LogP contribution in [0.25, 0.3) is 0 Å². The Morgan fingerprint density at radius 2 is 2.00 bits per heavy atom. The number of aliphatic imine (C=N–C) groups is 1. The highest BCUT2D eigenvalue weighted by Crippen LogP contribution is 2.29. The molecule has 1 aromatic heterocycles. The van der Waals surface area contributed by atoms with Gasteiger partial charge >= 0.3 is 6.18 Å². The molecule has 2 N–H and O–H groups in total. The fourth-order valence-corrected chi connectivity index (χ4v) is 1.91.